The second kappa shape index (κ2) is 10.6. The summed E-state index contributed by atoms with van der Waals surface area (Å²) in [5, 5.41) is 0. The molecule has 1 aliphatic rings. The maximum absolute atomic E-state index is 13.2. The normalized spacial score (nSPS) is 14.1. The zero-order valence-electron chi connectivity index (χ0n) is 18.8. The van der Waals surface area contributed by atoms with E-state index in [-0.39, 0.29) is 4.90 Å². The molecule has 0 aromatic heterocycles. The summed E-state index contributed by atoms with van der Waals surface area (Å²) in [7, 11) is -0.994. The number of morpholine rings is 1. The zero-order chi connectivity index (χ0) is 23.1. The molecule has 1 fully saturated rings. The third kappa shape index (κ3) is 5.31. The van der Waals surface area contributed by atoms with Gasteiger partial charge in [0.1, 0.15) is 11.5 Å². The number of nitrogens with zero attached hydrogens (tertiary/aromatic N) is 1. The van der Waals surface area contributed by atoms with Crippen LogP contribution in [0.5, 0.6) is 23.0 Å². The fourth-order valence-electron chi connectivity index (χ4n) is 3.41. The molecule has 2 aromatic rings. The van der Waals surface area contributed by atoms with E-state index >= 15 is 0 Å². The van der Waals surface area contributed by atoms with Crippen molar-refractivity contribution in [3.05, 3.63) is 30.3 Å². The van der Waals surface area contributed by atoms with Crippen LogP contribution >= 0.6 is 0 Å². The predicted octanol–water partition coefficient (Wildman–Crippen LogP) is 3.14. The maximum Gasteiger partial charge on any atom is 0.262 e. The third-order valence-electron chi connectivity index (χ3n) is 4.92. The first-order valence-corrected chi connectivity index (χ1v) is 11.9. The summed E-state index contributed by atoms with van der Waals surface area (Å²) in [6.45, 7) is 7.19. The first-order valence-electron chi connectivity index (χ1n) is 10.4. The number of nitrogens with one attached hydrogen (secondary N) is 1. The number of rotatable bonds is 10. The summed E-state index contributed by atoms with van der Waals surface area (Å²) in [6, 6.07) is 7.89. The van der Waals surface area contributed by atoms with E-state index in [4.69, 9.17) is 23.7 Å². The molecule has 0 amide bonds. The van der Waals surface area contributed by atoms with Crippen molar-refractivity contribution in [3.63, 3.8) is 0 Å². The molecule has 0 bridgehead atoms. The van der Waals surface area contributed by atoms with E-state index < -0.39 is 10.0 Å². The highest BCUT2D eigenvalue weighted by Crippen LogP contribution is 2.40. The summed E-state index contributed by atoms with van der Waals surface area (Å²) >= 11 is 0. The topological polar surface area (TPSA) is 95.6 Å². The highest BCUT2D eigenvalue weighted by molar-refractivity contribution is 7.92. The molecule has 2 aromatic carbocycles. The molecule has 32 heavy (non-hydrogen) atoms. The molecule has 0 spiro atoms. The quantitative estimate of drug-likeness (QED) is 0.571. The molecule has 1 saturated heterocycles. The Morgan fingerprint density at radius 2 is 1.56 bits per heavy atom. The lowest BCUT2D eigenvalue weighted by molar-refractivity contribution is 0.122. The number of ether oxygens (including phenoxy) is 5. The molecule has 176 valence electrons. The Hall–Kier alpha value is -2.85. The van der Waals surface area contributed by atoms with E-state index in [0.717, 1.165) is 5.69 Å². The van der Waals surface area contributed by atoms with Gasteiger partial charge in [-0.2, -0.15) is 0 Å². The lowest BCUT2D eigenvalue weighted by atomic mass is 10.2. The smallest absolute Gasteiger partial charge is 0.262 e. The molecule has 10 heteroatoms. The van der Waals surface area contributed by atoms with E-state index in [1.54, 1.807) is 12.1 Å². The van der Waals surface area contributed by atoms with Crippen LogP contribution in [0.1, 0.15) is 13.8 Å². The van der Waals surface area contributed by atoms with E-state index in [1.807, 2.05) is 19.9 Å². The van der Waals surface area contributed by atoms with Crippen molar-refractivity contribution in [2.75, 3.05) is 63.4 Å². The van der Waals surface area contributed by atoms with Gasteiger partial charge in [-0.15, -0.1) is 0 Å². The van der Waals surface area contributed by atoms with Crippen LogP contribution in [0, 0.1) is 0 Å². The number of anilines is 2. The standard InChI is InChI=1S/C22H30N2O7S/c1-5-30-20-15-18(24-9-11-29-12-10-24)21(31-6-2)14-17(20)23-32(25,26)16-7-8-19(27-3)22(13-16)28-4/h7-8,13-15,23H,5-6,9-12H2,1-4H3. The molecule has 3 rings (SSSR count). The molecule has 0 radical (unpaired) electrons. The largest absolute Gasteiger partial charge is 0.493 e. The molecule has 0 aliphatic carbocycles. The first-order chi connectivity index (χ1) is 15.4. The van der Waals surface area contributed by atoms with Crippen molar-refractivity contribution in [3.8, 4) is 23.0 Å². The van der Waals surface area contributed by atoms with Gasteiger partial charge in [-0.25, -0.2) is 8.42 Å². The Labute approximate surface area is 189 Å². The van der Waals surface area contributed by atoms with Crippen LogP contribution in [0.2, 0.25) is 0 Å². The minimum Gasteiger partial charge on any atom is -0.493 e. The Morgan fingerprint density at radius 3 is 2.19 bits per heavy atom. The average molecular weight is 467 g/mol. The minimum atomic E-state index is -3.94. The van der Waals surface area contributed by atoms with Gasteiger partial charge in [-0.1, -0.05) is 0 Å². The minimum absolute atomic E-state index is 0.0350. The zero-order valence-corrected chi connectivity index (χ0v) is 19.7. The number of hydrogen-bond acceptors (Lipinski definition) is 8. The number of sulfonamides is 1. The van der Waals surface area contributed by atoms with Crippen LogP contribution in [-0.2, 0) is 14.8 Å². The van der Waals surface area contributed by atoms with Gasteiger partial charge in [0.2, 0.25) is 0 Å². The molecule has 0 atom stereocenters. The molecule has 1 N–H and O–H groups in total. The second-order valence-electron chi connectivity index (χ2n) is 6.90. The molecule has 1 aliphatic heterocycles. The Morgan fingerprint density at radius 1 is 0.906 bits per heavy atom. The molecule has 0 unspecified atom stereocenters. The fraction of sp³-hybridized carbons (Fsp3) is 0.455. The van der Waals surface area contributed by atoms with Crippen molar-refractivity contribution in [2.24, 2.45) is 0 Å². The highest BCUT2D eigenvalue weighted by Gasteiger charge is 2.23. The lowest BCUT2D eigenvalue weighted by Gasteiger charge is -2.31. The molecular weight excluding hydrogens is 436 g/mol. The van der Waals surface area contributed by atoms with Crippen molar-refractivity contribution in [2.45, 2.75) is 18.7 Å². The van der Waals surface area contributed by atoms with Crippen molar-refractivity contribution in [1.82, 2.24) is 0 Å². The lowest BCUT2D eigenvalue weighted by Crippen LogP contribution is -2.36. The van der Waals surface area contributed by atoms with E-state index in [0.29, 0.717) is 68.2 Å². The van der Waals surface area contributed by atoms with Crippen LogP contribution in [0.3, 0.4) is 0 Å². The van der Waals surface area contributed by atoms with Crippen LogP contribution in [0.25, 0.3) is 0 Å². The molecular formula is C22H30N2O7S. The van der Waals surface area contributed by atoms with Crippen molar-refractivity contribution >= 4 is 21.4 Å². The van der Waals surface area contributed by atoms with Crippen LogP contribution in [-0.4, -0.2) is 62.2 Å². The molecule has 9 nitrogen and oxygen atoms in total. The average Bonchev–Trinajstić information content (AvgIpc) is 2.80. The Balaban J connectivity index is 2.01. The fourth-order valence-corrected chi connectivity index (χ4v) is 4.49. The summed E-state index contributed by atoms with van der Waals surface area (Å²) in [5.74, 6) is 1.75. The first kappa shape index (κ1) is 23.8. The summed E-state index contributed by atoms with van der Waals surface area (Å²) in [5.41, 5.74) is 1.13. The SMILES string of the molecule is CCOc1cc(N2CCOCC2)c(OCC)cc1NS(=O)(=O)c1ccc(OC)c(OC)c1. The number of methoxy groups -OCH3 is 2. The van der Waals surface area contributed by atoms with Gasteiger partial charge in [0.05, 0.1) is 56.9 Å². The maximum atomic E-state index is 13.2. The summed E-state index contributed by atoms with van der Waals surface area (Å²) in [6.07, 6.45) is 0. The van der Waals surface area contributed by atoms with Gasteiger partial charge >= 0.3 is 0 Å². The molecule has 1 heterocycles. The second-order valence-corrected chi connectivity index (χ2v) is 8.59. The predicted molar refractivity (Wildman–Crippen MR) is 122 cm³/mol. The van der Waals surface area contributed by atoms with E-state index in [9.17, 15) is 8.42 Å². The Bertz CT molecular complexity index is 1020. The van der Waals surface area contributed by atoms with Crippen LogP contribution < -0.4 is 28.6 Å². The van der Waals surface area contributed by atoms with Gasteiger partial charge in [-0.05, 0) is 26.0 Å². The van der Waals surface area contributed by atoms with Gasteiger partial charge in [-0.3, -0.25) is 4.72 Å². The monoisotopic (exact) mass is 466 g/mol. The summed E-state index contributed by atoms with van der Waals surface area (Å²) in [4.78, 5) is 2.18. The Kier molecular flexibility index (Phi) is 7.92. The molecule has 0 saturated carbocycles. The summed E-state index contributed by atoms with van der Waals surface area (Å²) < 4.78 is 56.4. The van der Waals surface area contributed by atoms with Gasteiger partial charge < -0.3 is 28.6 Å². The van der Waals surface area contributed by atoms with Crippen LogP contribution in [0.15, 0.2) is 35.2 Å². The van der Waals surface area contributed by atoms with Crippen LogP contribution in [0.4, 0.5) is 11.4 Å². The van der Waals surface area contributed by atoms with E-state index in [1.165, 1.54) is 26.4 Å². The number of benzene rings is 2. The van der Waals surface area contributed by atoms with Crippen molar-refractivity contribution < 1.29 is 32.1 Å². The van der Waals surface area contributed by atoms with Gasteiger partial charge in [0.15, 0.2) is 11.5 Å². The number of hydrogen-bond donors (Lipinski definition) is 1. The van der Waals surface area contributed by atoms with Crippen molar-refractivity contribution in [1.29, 1.82) is 0 Å². The van der Waals surface area contributed by atoms with E-state index in [2.05, 4.69) is 9.62 Å². The van der Waals surface area contributed by atoms with Gasteiger partial charge in [0.25, 0.3) is 10.0 Å². The third-order valence-corrected chi connectivity index (χ3v) is 6.29. The highest BCUT2D eigenvalue weighted by atomic mass is 32.2. The van der Waals surface area contributed by atoms with Gasteiger partial charge in [0, 0.05) is 31.3 Å².